The van der Waals surface area contributed by atoms with E-state index < -0.39 is 24.1 Å². The molecule has 128 valence electrons. The van der Waals surface area contributed by atoms with Crippen molar-refractivity contribution < 1.29 is 24.1 Å². The summed E-state index contributed by atoms with van der Waals surface area (Å²) in [5, 5.41) is 22.7. The van der Waals surface area contributed by atoms with Gasteiger partial charge in [0.05, 0.1) is 23.7 Å². The van der Waals surface area contributed by atoms with Crippen molar-refractivity contribution >= 4 is 16.8 Å². The number of benzene rings is 1. The number of aryl methyl sites for hydroxylation is 1. The molecule has 3 rings (SSSR count). The van der Waals surface area contributed by atoms with Crippen molar-refractivity contribution in [3.8, 4) is 0 Å². The van der Waals surface area contributed by atoms with Crippen LogP contribution in [0.3, 0.4) is 0 Å². The Morgan fingerprint density at radius 1 is 1.46 bits per heavy atom. The number of carbonyl (C=O) groups excluding carboxylic acids is 1. The van der Waals surface area contributed by atoms with Crippen LogP contribution in [-0.2, 0) is 4.74 Å². The average Bonchev–Trinajstić information content (AvgIpc) is 2.55. The van der Waals surface area contributed by atoms with Crippen molar-refractivity contribution in [3.63, 3.8) is 0 Å². The van der Waals surface area contributed by atoms with Gasteiger partial charge in [0.1, 0.15) is 18.0 Å². The van der Waals surface area contributed by atoms with Crippen LogP contribution in [0.15, 0.2) is 24.3 Å². The number of amides is 1. The molecule has 24 heavy (non-hydrogen) atoms. The van der Waals surface area contributed by atoms with E-state index in [1.807, 2.05) is 0 Å². The predicted octanol–water partition coefficient (Wildman–Crippen LogP) is 0.923. The van der Waals surface area contributed by atoms with E-state index >= 15 is 0 Å². The average molecular weight is 334 g/mol. The van der Waals surface area contributed by atoms with Crippen LogP contribution >= 0.6 is 0 Å². The lowest BCUT2D eigenvalue weighted by molar-refractivity contribution is -0.107. The lowest BCUT2D eigenvalue weighted by Gasteiger charge is -2.34. The number of ether oxygens (including phenoxy) is 1. The fourth-order valence-corrected chi connectivity index (χ4v) is 2.96. The highest BCUT2D eigenvalue weighted by molar-refractivity contribution is 6.06. The fraction of sp³-hybridized carbons (Fsp3) is 0.412. The summed E-state index contributed by atoms with van der Waals surface area (Å²) in [5.74, 6) is -0.794. The quantitative estimate of drug-likeness (QED) is 0.776. The van der Waals surface area contributed by atoms with Crippen molar-refractivity contribution in [1.82, 2.24) is 10.3 Å². The molecule has 1 aliphatic heterocycles. The van der Waals surface area contributed by atoms with Crippen LogP contribution in [0.1, 0.15) is 22.5 Å². The van der Waals surface area contributed by atoms with Crippen molar-refractivity contribution in [2.24, 2.45) is 0 Å². The van der Waals surface area contributed by atoms with E-state index in [2.05, 4.69) is 10.3 Å². The summed E-state index contributed by atoms with van der Waals surface area (Å²) < 4.78 is 18.7. The van der Waals surface area contributed by atoms with Crippen LogP contribution < -0.4 is 5.32 Å². The molecule has 1 amide bonds. The molecule has 1 aromatic carbocycles. The monoisotopic (exact) mass is 334 g/mol. The van der Waals surface area contributed by atoms with Crippen LogP contribution in [0.2, 0.25) is 0 Å². The number of aromatic nitrogens is 1. The number of aliphatic hydroxyl groups is 2. The Bertz CT molecular complexity index is 762. The summed E-state index contributed by atoms with van der Waals surface area (Å²) in [6.45, 7) is 1.75. The predicted molar refractivity (Wildman–Crippen MR) is 85.1 cm³/mol. The van der Waals surface area contributed by atoms with E-state index in [0.717, 1.165) is 0 Å². The molecule has 0 radical (unpaired) electrons. The van der Waals surface area contributed by atoms with Gasteiger partial charge < -0.3 is 20.3 Å². The zero-order valence-corrected chi connectivity index (χ0v) is 13.2. The van der Waals surface area contributed by atoms with E-state index in [-0.39, 0.29) is 12.5 Å². The van der Waals surface area contributed by atoms with Crippen LogP contribution in [0, 0.1) is 12.7 Å². The summed E-state index contributed by atoms with van der Waals surface area (Å²) in [6, 6.07) is 5.19. The maximum atomic E-state index is 13.4. The number of carbonyl (C=O) groups is 1. The van der Waals surface area contributed by atoms with Crippen molar-refractivity contribution in [1.29, 1.82) is 0 Å². The van der Waals surface area contributed by atoms with Gasteiger partial charge in [-0.2, -0.15) is 0 Å². The van der Waals surface area contributed by atoms with E-state index in [1.165, 1.54) is 18.2 Å². The number of hydrogen-bond donors (Lipinski definition) is 3. The minimum absolute atomic E-state index is 0.315. The molecular weight excluding hydrogens is 315 g/mol. The zero-order chi connectivity index (χ0) is 17.3. The van der Waals surface area contributed by atoms with Gasteiger partial charge in [-0.05, 0) is 31.5 Å². The van der Waals surface area contributed by atoms with Gasteiger partial charge in [0.25, 0.3) is 5.91 Å². The number of rotatable bonds is 3. The number of halogens is 1. The summed E-state index contributed by atoms with van der Waals surface area (Å²) in [6.07, 6.45) is -1.26. The molecule has 6 nitrogen and oxygen atoms in total. The third kappa shape index (κ3) is 3.24. The second-order valence-corrected chi connectivity index (χ2v) is 5.92. The molecule has 1 aromatic heterocycles. The number of fused-ring (bicyclic) bond motifs is 1. The molecule has 3 atom stereocenters. The molecule has 0 spiro atoms. The van der Waals surface area contributed by atoms with E-state index in [9.17, 15) is 19.4 Å². The molecule has 0 bridgehead atoms. The number of pyridine rings is 1. The Labute approximate surface area is 138 Å². The molecule has 0 saturated carbocycles. The highest BCUT2D eigenvalue weighted by Gasteiger charge is 2.33. The summed E-state index contributed by atoms with van der Waals surface area (Å²) in [5.41, 5.74) is 1.37. The first-order valence-electron chi connectivity index (χ1n) is 7.78. The van der Waals surface area contributed by atoms with Gasteiger partial charge in [0.15, 0.2) is 0 Å². The summed E-state index contributed by atoms with van der Waals surface area (Å²) in [7, 11) is 0. The highest BCUT2D eigenvalue weighted by atomic mass is 19.1. The number of nitrogens with zero attached hydrogens (tertiary/aromatic N) is 1. The third-order valence-corrected chi connectivity index (χ3v) is 4.19. The first kappa shape index (κ1) is 16.8. The largest absolute Gasteiger partial charge is 0.394 e. The van der Waals surface area contributed by atoms with Gasteiger partial charge >= 0.3 is 0 Å². The zero-order valence-electron chi connectivity index (χ0n) is 13.2. The van der Waals surface area contributed by atoms with Gasteiger partial charge in [-0.25, -0.2) is 4.39 Å². The minimum Gasteiger partial charge on any atom is -0.394 e. The molecule has 1 fully saturated rings. The van der Waals surface area contributed by atoms with Gasteiger partial charge in [-0.15, -0.1) is 0 Å². The topological polar surface area (TPSA) is 91.7 Å². The number of aliphatic hydroxyl groups excluding tert-OH is 2. The molecule has 2 aromatic rings. The number of hydrogen-bond acceptors (Lipinski definition) is 5. The third-order valence-electron chi connectivity index (χ3n) is 4.19. The molecule has 2 heterocycles. The Kier molecular flexibility index (Phi) is 4.75. The molecule has 0 aliphatic carbocycles. The summed E-state index contributed by atoms with van der Waals surface area (Å²) >= 11 is 0. The number of nitrogens with one attached hydrogen (secondary N) is 1. The van der Waals surface area contributed by atoms with Gasteiger partial charge in [0.2, 0.25) is 0 Å². The lowest BCUT2D eigenvalue weighted by atomic mass is 9.99. The molecule has 7 heteroatoms. The molecule has 1 aliphatic rings. The van der Waals surface area contributed by atoms with Gasteiger partial charge in [-0.3, -0.25) is 9.78 Å². The Balaban J connectivity index is 1.89. The second kappa shape index (κ2) is 6.80. The first-order chi connectivity index (χ1) is 11.5. The van der Waals surface area contributed by atoms with Crippen molar-refractivity contribution in [3.05, 3.63) is 41.3 Å². The van der Waals surface area contributed by atoms with E-state index in [4.69, 9.17) is 4.74 Å². The van der Waals surface area contributed by atoms with E-state index in [0.29, 0.717) is 35.2 Å². The standard InChI is InChI=1S/C17H19FN2O4/c1-9-6-12(11-3-2-10(18)7-14(11)19-9)17(23)20-13-4-5-24-15(8-21)16(13)22/h2-3,6-7,13,15-16,21-22H,4-5,8H2,1H3,(H,20,23)/t13-,15+,16-/m0/s1. The smallest absolute Gasteiger partial charge is 0.252 e. The lowest BCUT2D eigenvalue weighted by Crippen LogP contribution is -2.54. The molecular formula is C17H19FN2O4. The normalized spacial score (nSPS) is 24.1. The maximum absolute atomic E-state index is 13.4. The minimum atomic E-state index is -0.987. The Hall–Kier alpha value is -2.09. The van der Waals surface area contributed by atoms with Gasteiger partial charge in [-0.1, -0.05) is 0 Å². The van der Waals surface area contributed by atoms with Crippen molar-refractivity contribution in [2.75, 3.05) is 13.2 Å². The van der Waals surface area contributed by atoms with Crippen LogP contribution in [0.25, 0.3) is 10.9 Å². The van der Waals surface area contributed by atoms with E-state index in [1.54, 1.807) is 13.0 Å². The van der Waals surface area contributed by atoms with Crippen LogP contribution in [-0.4, -0.2) is 52.6 Å². The first-order valence-corrected chi connectivity index (χ1v) is 7.78. The SMILES string of the molecule is Cc1cc(C(=O)N[C@H]2CCO[C@H](CO)[C@H]2O)c2ccc(F)cc2n1. The van der Waals surface area contributed by atoms with Crippen LogP contribution in [0.5, 0.6) is 0 Å². The molecule has 0 unspecified atom stereocenters. The Morgan fingerprint density at radius 2 is 2.25 bits per heavy atom. The van der Waals surface area contributed by atoms with Crippen molar-refractivity contribution in [2.45, 2.75) is 31.6 Å². The maximum Gasteiger partial charge on any atom is 0.252 e. The summed E-state index contributed by atoms with van der Waals surface area (Å²) in [4.78, 5) is 16.9. The fourth-order valence-electron chi connectivity index (χ4n) is 2.96. The molecule has 1 saturated heterocycles. The molecule has 3 N–H and O–H groups in total. The Morgan fingerprint density at radius 3 is 3.00 bits per heavy atom. The van der Waals surface area contributed by atoms with Crippen LogP contribution in [0.4, 0.5) is 4.39 Å². The second-order valence-electron chi connectivity index (χ2n) is 5.92. The highest BCUT2D eigenvalue weighted by Crippen LogP contribution is 2.21. The van der Waals surface area contributed by atoms with Gasteiger partial charge in [0, 0.05) is 23.8 Å².